The summed E-state index contributed by atoms with van der Waals surface area (Å²) >= 11 is 0. The molecule has 0 aliphatic heterocycles. The summed E-state index contributed by atoms with van der Waals surface area (Å²) in [6.07, 6.45) is 30.4. The molecule has 0 atom stereocenters. The van der Waals surface area contributed by atoms with Gasteiger partial charge in [0.15, 0.2) is 0 Å². The third-order valence-electron chi connectivity index (χ3n) is 5.68. The Labute approximate surface area is 188 Å². The molecule has 0 aromatic heterocycles. The van der Waals surface area contributed by atoms with Crippen molar-refractivity contribution in [3.8, 4) is 0 Å². The lowest BCUT2D eigenvalue weighted by Crippen LogP contribution is -2.31. The largest absolute Gasteiger partial charge is 0.465 e. The highest BCUT2D eigenvalue weighted by atomic mass is 16.4. The van der Waals surface area contributed by atoms with Gasteiger partial charge in [0.2, 0.25) is 0 Å². The third-order valence-corrected chi connectivity index (χ3v) is 5.68. The van der Waals surface area contributed by atoms with Crippen LogP contribution in [0.1, 0.15) is 129 Å². The molecule has 3 nitrogen and oxygen atoms in total. The summed E-state index contributed by atoms with van der Waals surface area (Å²) < 4.78 is 0. The summed E-state index contributed by atoms with van der Waals surface area (Å²) in [6.45, 7) is 5.89. The highest BCUT2D eigenvalue weighted by molar-refractivity contribution is 5.64. The summed E-state index contributed by atoms with van der Waals surface area (Å²) in [6, 6.07) is 0. The molecule has 0 aromatic rings. The number of carboxylic acid groups (broad SMARTS) is 1. The lowest BCUT2D eigenvalue weighted by Gasteiger charge is -2.19. The summed E-state index contributed by atoms with van der Waals surface area (Å²) in [5.74, 6) is 0. The third kappa shape index (κ3) is 21.5. The summed E-state index contributed by atoms with van der Waals surface area (Å²) in [5, 5.41) is 9.35. The molecule has 0 heterocycles. The van der Waals surface area contributed by atoms with Crippen molar-refractivity contribution in [2.45, 2.75) is 129 Å². The fourth-order valence-electron chi connectivity index (χ4n) is 3.68. The molecular formula is C27H51NO2. The zero-order chi connectivity index (χ0) is 22.1. The molecule has 176 valence electrons. The molecule has 1 N–H and O–H groups in total. The van der Waals surface area contributed by atoms with Gasteiger partial charge in [-0.25, -0.2) is 4.79 Å². The van der Waals surface area contributed by atoms with Gasteiger partial charge < -0.3 is 10.0 Å². The number of carbonyl (C=O) groups is 1. The van der Waals surface area contributed by atoms with Crippen LogP contribution in [0.5, 0.6) is 0 Å². The second-order valence-electron chi connectivity index (χ2n) is 8.62. The molecule has 0 bridgehead atoms. The number of nitrogens with zero attached hydrogens (tertiary/aromatic N) is 1. The van der Waals surface area contributed by atoms with Crippen LogP contribution in [0, 0.1) is 0 Å². The molecular weight excluding hydrogens is 370 g/mol. The van der Waals surface area contributed by atoms with Gasteiger partial charge >= 0.3 is 6.09 Å². The van der Waals surface area contributed by atoms with E-state index in [9.17, 15) is 9.90 Å². The van der Waals surface area contributed by atoms with Crippen molar-refractivity contribution < 1.29 is 9.90 Å². The Hall–Kier alpha value is -1.25. The fourth-order valence-corrected chi connectivity index (χ4v) is 3.68. The standard InChI is InChI=1S/C27H51NO2/c1-3-5-7-9-11-12-13-14-15-16-17-18-19-20-22-24-26-28(27(29)30)25-23-21-10-8-6-4-2/h11-12,14-15H,3-10,13,16-26H2,1-2H3,(H,29,30). The molecule has 0 spiro atoms. The quantitative estimate of drug-likeness (QED) is 0.140. The summed E-state index contributed by atoms with van der Waals surface area (Å²) in [5.41, 5.74) is 0. The number of hydrogen-bond acceptors (Lipinski definition) is 1. The minimum Gasteiger partial charge on any atom is -0.465 e. The minimum atomic E-state index is -0.744. The van der Waals surface area contributed by atoms with Crippen molar-refractivity contribution in [1.29, 1.82) is 0 Å². The Bertz CT molecular complexity index is 417. The average Bonchev–Trinajstić information content (AvgIpc) is 2.74. The van der Waals surface area contributed by atoms with Crippen LogP contribution in [0.25, 0.3) is 0 Å². The molecule has 3 heteroatoms. The van der Waals surface area contributed by atoms with Crippen molar-refractivity contribution in [2.24, 2.45) is 0 Å². The molecule has 0 rings (SSSR count). The first-order valence-corrected chi connectivity index (χ1v) is 13.0. The fraction of sp³-hybridized carbons (Fsp3) is 0.815. The van der Waals surface area contributed by atoms with Gasteiger partial charge in [-0.3, -0.25) is 0 Å². The van der Waals surface area contributed by atoms with Crippen LogP contribution in [0.3, 0.4) is 0 Å². The average molecular weight is 422 g/mol. The van der Waals surface area contributed by atoms with E-state index >= 15 is 0 Å². The van der Waals surface area contributed by atoms with E-state index in [1.54, 1.807) is 4.90 Å². The summed E-state index contributed by atoms with van der Waals surface area (Å²) in [4.78, 5) is 13.0. The number of rotatable bonds is 22. The van der Waals surface area contributed by atoms with Crippen LogP contribution in [0.4, 0.5) is 4.79 Å². The molecule has 0 radical (unpaired) electrons. The Morgan fingerprint density at radius 1 is 0.600 bits per heavy atom. The van der Waals surface area contributed by atoms with E-state index in [1.165, 1.54) is 83.5 Å². The molecule has 0 saturated heterocycles. The van der Waals surface area contributed by atoms with Gasteiger partial charge in [0.05, 0.1) is 0 Å². The maximum Gasteiger partial charge on any atom is 0.407 e. The maximum atomic E-state index is 11.4. The minimum absolute atomic E-state index is 0.707. The van der Waals surface area contributed by atoms with E-state index in [1.807, 2.05) is 0 Å². The molecule has 0 saturated carbocycles. The van der Waals surface area contributed by atoms with Crippen LogP contribution in [0.2, 0.25) is 0 Å². The predicted molar refractivity (Wildman–Crippen MR) is 132 cm³/mol. The molecule has 30 heavy (non-hydrogen) atoms. The molecule has 0 aliphatic carbocycles. The van der Waals surface area contributed by atoms with Crippen LogP contribution in [0.15, 0.2) is 24.3 Å². The van der Waals surface area contributed by atoms with E-state index in [0.29, 0.717) is 13.1 Å². The van der Waals surface area contributed by atoms with Crippen LogP contribution >= 0.6 is 0 Å². The first-order chi connectivity index (χ1) is 14.7. The van der Waals surface area contributed by atoms with Crippen LogP contribution in [-0.2, 0) is 0 Å². The van der Waals surface area contributed by atoms with Crippen molar-refractivity contribution in [3.63, 3.8) is 0 Å². The lowest BCUT2D eigenvalue weighted by molar-refractivity contribution is 0.143. The van der Waals surface area contributed by atoms with Gasteiger partial charge in [-0.2, -0.15) is 0 Å². The Morgan fingerprint density at radius 2 is 1.00 bits per heavy atom. The molecule has 0 aromatic carbocycles. The predicted octanol–water partition coefficient (Wildman–Crippen LogP) is 9.14. The zero-order valence-corrected chi connectivity index (χ0v) is 20.3. The summed E-state index contributed by atoms with van der Waals surface area (Å²) in [7, 11) is 0. The second kappa shape index (κ2) is 24.0. The van der Waals surface area contributed by atoms with Crippen molar-refractivity contribution >= 4 is 6.09 Å². The van der Waals surface area contributed by atoms with Crippen LogP contribution < -0.4 is 0 Å². The molecule has 1 amide bonds. The first kappa shape index (κ1) is 28.8. The van der Waals surface area contributed by atoms with E-state index < -0.39 is 6.09 Å². The second-order valence-corrected chi connectivity index (χ2v) is 8.62. The highest BCUT2D eigenvalue weighted by Crippen LogP contribution is 2.10. The van der Waals surface area contributed by atoms with E-state index in [-0.39, 0.29) is 0 Å². The van der Waals surface area contributed by atoms with Gasteiger partial charge in [-0.1, -0.05) is 109 Å². The monoisotopic (exact) mass is 421 g/mol. The van der Waals surface area contributed by atoms with E-state index in [2.05, 4.69) is 38.2 Å². The smallest absolute Gasteiger partial charge is 0.407 e. The Kier molecular flexibility index (Phi) is 23.0. The van der Waals surface area contributed by atoms with Crippen LogP contribution in [-0.4, -0.2) is 29.2 Å². The van der Waals surface area contributed by atoms with Crippen molar-refractivity contribution in [1.82, 2.24) is 4.90 Å². The number of unbranched alkanes of at least 4 members (excludes halogenated alkanes) is 14. The first-order valence-electron chi connectivity index (χ1n) is 13.0. The SMILES string of the molecule is CCCCCC=CCC=CCCCCCCCCN(CCCCCCCC)C(=O)O. The number of allylic oxidation sites excluding steroid dienone is 4. The topological polar surface area (TPSA) is 40.5 Å². The Balaban J connectivity index is 3.48. The van der Waals surface area contributed by atoms with E-state index in [0.717, 1.165) is 32.1 Å². The molecule has 0 fully saturated rings. The number of amides is 1. The maximum absolute atomic E-state index is 11.4. The van der Waals surface area contributed by atoms with Crippen molar-refractivity contribution in [2.75, 3.05) is 13.1 Å². The molecule has 0 aliphatic rings. The zero-order valence-electron chi connectivity index (χ0n) is 20.3. The highest BCUT2D eigenvalue weighted by Gasteiger charge is 2.10. The number of hydrogen-bond donors (Lipinski definition) is 1. The van der Waals surface area contributed by atoms with E-state index in [4.69, 9.17) is 0 Å². The van der Waals surface area contributed by atoms with Gasteiger partial charge in [0.1, 0.15) is 0 Å². The molecule has 0 unspecified atom stereocenters. The lowest BCUT2D eigenvalue weighted by atomic mass is 10.1. The van der Waals surface area contributed by atoms with Gasteiger partial charge in [-0.15, -0.1) is 0 Å². The van der Waals surface area contributed by atoms with Gasteiger partial charge in [0.25, 0.3) is 0 Å². The normalized spacial score (nSPS) is 11.7. The van der Waals surface area contributed by atoms with Gasteiger partial charge in [-0.05, 0) is 44.9 Å². The van der Waals surface area contributed by atoms with Crippen molar-refractivity contribution in [3.05, 3.63) is 24.3 Å². The Morgan fingerprint density at radius 3 is 1.50 bits per heavy atom. The van der Waals surface area contributed by atoms with Gasteiger partial charge in [0, 0.05) is 13.1 Å².